The van der Waals surface area contributed by atoms with E-state index in [1.165, 1.54) is 0 Å². The topological polar surface area (TPSA) is 72.2 Å². The Bertz CT molecular complexity index is 591. The summed E-state index contributed by atoms with van der Waals surface area (Å²) in [6.07, 6.45) is 1.78. The van der Waals surface area contributed by atoms with Crippen LogP contribution in [-0.2, 0) is 10.0 Å². The van der Waals surface area contributed by atoms with Crippen molar-refractivity contribution in [1.82, 2.24) is 4.72 Å². The largest absolute Gasteiger partial charge is 0.329 e. The number of rotatable bonds is 5. The summed E-state index contributed by atoms with van der Waals surface area (Å²) in [7, 11) is -4.11. The Labute approximate surface area is 118 Å². The van der Waals surface area contributed by atoms with Crippen LogP contribution in [0.1, 0.15) is 12.8 Å². The first-order chi connectivity index (χ1) is 8.85. The minimum Gasteiger partial charge on any atom is -0.329 e. The molecule has 0 radical (unpaired) electrons. The minimum absolute atomic E-state index is 0.124. The molecule has 106 valence electrons. The summed E-state index contributed by atoms with van der Waals surface area (Å²) in [6.45, 7) is 0.129. The van der Waals surface area contributed by atoms with Gasteiger partial charge in [-0.25, -0.2) is 21.9 Å². The van der Waals surface area contributed by atoms with E-state index in [1.807, 2.05) is 0 Å². The number of benzene rings is 1. The second-order valence-electron chi connectivity index (χ2n) is 4.50. The molecule has 1 aliphatic carbocycles. The van der Waals surface area contributed by atoms with Crippen molar-refractivity contribution in [3.05, 3.63) is 28.2 Å². The molecule has 1 unspecified atom stereocenters. The normalized spacial score (nSPS) is 17.5. The number of nitrogens with two attached hydrogens (primary N) is 1. The lowest BCUT2D eigenvalue weighted by Crippen LogP contribution is -2.41. The molecule has 1 aliphatic rings. The maximum absolute atomic E-state index is 13.7. The van der Waals surface area contributed by atoms with Gasteiger partial charge in [0, 0.05) is 12.6 Å². The fraction of sp³-hybridized carbons (Fsp3) is 0.455. The fourth-order valence-corrected chi connectivity index (χ4v) is 3.51. The molecule has 1 aromatic carbocycles. The van der Waals surface area contributed by atoms with Gasteiger partial charge in [-0.1, -0.05) is 0 Å². The Hall–Kier alpha value is -0.570. The number of sulfonamides is 1. The zero-order valence-electron chi connectivity index (χ0n) is 9.87. The monoisotopic (exact) mass is 354 g/mol. The van der Waals surface area contributed by atoms with E-state index >= 15 is 0 Å². The average Bonchev–Trinajstić information content (AvgIpc) is 3.14. The third kappa shape index (κ3) is 3.31. The van der Waals surface area contributed by atoms with Gasteiger partial charge >= 0.3 is 0 Å². The molecule has 8 heteroatoms. The second kappa shape index (κ2) is 5.43. The van der Waals surface area contributed by atoms with Crippen LogP contribution in [0.25, 0.3) is 0 Å². The molecule has 0 saturated heterocycles. The third-order valence-corrected chi connectivity index (χ3v) is 5.13. The molecular formula is C11H13BrF2N2O2S. The highest BCUT2D eigenvalue weighted by molar-refractivity contribution is 9.10. The van der Waals surface area contributed by atoms with Crippen LogP contribution in [-0.4, -0.2) is 21.0 Å². The van der Waals surface area contributed by atoms with Crippen LogP contribution in [0.4, 0.5) is 8.78 Å². The highest BCUT2D eigenvalue weighted by atomic mass is 79.9. The number of hydrogen-bond donors (Lipinski definition) is 2. The molecule has 19 heavy (non-hydrogen) atoms. The third-order valence-electron chi connectivity index (χ3n) is 3.02. The predicted octanol–water partition coefficient (Wildman–Crippen LogP) is 1.74. The summed E-state index contributed by atoms with van der Waals surface area (Å²) in [4.78, 5) is -0.702. The summed E-state index contributed by atoms with van der Waals surface area (Å²) < 4.78 is 53.3. The van der Waals surface area contributed by atoms with Crippen LogP contribution < -0.4 is 10.5 Å². The Morgan fingerprint density at radius 2 is 2.00 bits per heavy atom. The average molecular weight is 355 g/mol. The Kier molecular flexibility index (Phi) is 4.24. The van der Waals surface area contributed by atoms with Crippen molar-refractivity contribution in [3.63, 3.8) is 0 Å². The van der Waals surface area contributed by atoms with Gasteiger partial charge in [-0.2, -0.15) is 0 Å². The van der Waals surface area contributed by atoms with Crippen molar-refractivity contribution in [3.8, 4) is 0 Å². The van der Waals surface area contributed by atoms with Crippen LogP contribution in [0.3, 0.4) is 0 Å². The summed E-state index contributed by atoms with van der Waals surface area (Å²) in [5.41, 5.74) is 5.49. The summed E-state index contributed by atoms with van der Waals surface area (Å²) in [6, 6.07) is 1.01. The molecule has 4 nitrogen and oxygen atoms in total. The van der Waals surface area contributed by atoms with E-state index < -0.39 is 32.6 Å². The van der Waals surface area contributed by atoms with E-state index in [0.29, 0.717) is 6.07 Å². The zero-order valence-corrected chi connectivity index (χ0v) is 12.3. The summed E-state index contributed by atoms with van der Waals surface area (Å²) in [5.74, 6) is -1.66. The Morgan fingerprint density at radius 3 is 2.53 bits per heavy atom. The molecule has 0 heterocycles. The zero-order chi connectivity index (χ0) is 14.2. The van der Waals surface area contributed by atoms with Crippen molar-refractivity contribution in [2.75, 3.05) is 6.54 Å². The molecule has 2 rings (SSSR count). The van der Waals surface area contributed by atoms with Gasteiger partial charge in [0.2, 0.25) is 10.0 Å². The van der Waals surface area contributed by atoms with Gasteiger partial charge in [-0.15, -0.1) is 0 Å². The van der Waals surface area contributed by atoms with Crippen LogP contribution in [0, 0.1) is 17.6 Å². The lowest BCUT2D eigenvalue weighted by molar-refractivity contribution is 0.507. The number of hydrogen-bond acceptors (Lipinski definition) is 3. The van der Waals surface area contributed by atoms with Crippen molar-refractivity contribution in [2.45, 2.75) is 23.8 Å². The highest BCUT2D eigenvalue weighted by Crippen LogP contribution is 2.33. The lowest BCUT2D eigenvalue weighted by atomic mass is 10.2. The van der Waals surface area contributed by atoms with Gasteiger partial charge < -0.3 is 5.73 Å². The molecule has 1 saturated carbocycles. The van der Waals surface area contributed by atoms with Crippen LogP contribution in [0.5, 0.6) is 0 Å². The van der Waals surface area contributed by atoms with Gasteiger partial charge in [0.1, 0.15) is 16.5 Å². The molecule has 1 fully saturated rings. The van der Waals surface area contributed by atoms with Crippen molar-refractivity contribution in [1.29, 1.82) is 0 Å². The predicted molar refractivity (Wildman–Crippen MR) is 69.9 cm³/mol. The van der Waals surface area contributed by atoms with E-state index in [2.05, 4.69) is 20.7 Å². The molecule has 3 N–H and O–H groups in total. The molecular weight excluding hydrogens is 342 g/mol. The first kappa shape index (κ1) is 14.8. The Balaban J connectivity index is 2.31. The van der Waals surface area contributed by atoms with Crippen LogP contribution >= 0.6 is 15.9 Å². The molecule has 1 aromatic rings. The van der Waals surface area contributed by atoms with Gasteiger partial charge in [0.05, 0.1) is 4.47 Å². The van der Waals surface area contributed by atoms with Gasteiger partial charge in [-0.05, 0) is 46.8 Å². The highest BCUT2D eigenvalue weighted by Gasteiger charge is 2.34. The summed E-state index contributed by atoms with van der Waals surface area (Å²) >= 11 is 2.79. The van der Waals surface area contributed by atoms with Crippen LogP contribution in [0.15, 0.2) is 21.5 Å². The quantitative estimate of drug-likeness (QED) is 0.791. The fourth-order valence-electron chi connectivity index (χ4n) is 1.81. The molecule has 1 atom stereocenters. The van der Waals surface area contributed by atoms with Crippen molar-refractivity contribution >= 4 is 26.0 Å². The van der Waals surface area contributed by atoms with Crippen LogP contribution in [0.2, 0.25) is 0 Å². The van der Waals surface area contributed by atoms with Crippen molar-refractivity contribution in [2.24, 2.45) is 11.7 Å². The lowest BCUT2D eigenvalue weighted by Gasteiger charge is -2.16. The first-order valence-corrected chi connectivity index (χ1v) is 7.99. The molecule has 0 aliphatic heterocycles. The van der Waals surface area contributed by atoms with Gasteiger partial charge in [0.15, 0.2) is 0 Å². The summed E-state index contributed by atoms with van der Waals surface area (Å²) in [5, 5.41) is 0. The smallest absolute Gasteiger partial charge is 0.243 e. The number of halogens is 3. The first-order valence-electron chi connectivity index (χ1n) is 5.72. The van der Waals surface area contributed by atoms with E-state index in [-0.39, 0.29) is 16.9 Å². The molecule has 0 aromatic heterocycles. The molecule has 0 bridgehead atoms. The maximum Gasteiger partial charge on any atom is 0.243 e. The SMILES string of the molecule is NCC(NS(=O)(=O)c1cc(F)c(Br)cc1F)C1CC1. The van der Waals surface area contributed by atoms with E-state index in [9.17, 15) is 17.2 Å². The molecule has 0 spiro atoms. The molecule has 0 amide bonds. The van der Waals surface area contributed by atoms with E-state index in [4.69, 9.17) is 5.73 Å². The second-order valence-corrected chi connectivity index (χ2v) is 7.03. The van der Waals surface area contributed by atoms with Gasteiger partial charge in [-0.3, -0.25) is 0 Å². The standard InChI is InChI=1S/C11H13BrF2N2O2S/c12-7-3-9(14)11(4-8(7)13)19(17,18)16-10(5-15)6-1-2-6/h3-4,6,10,16H,1-2,5,15H2. The minimum atomic E-state index is -4.11. The van der Waals surface area contributed by atoms with Crippen molar-refractivity contribution < 1.29 is 17.2 Å². The van der Waals surface area contributed by atoms with E-state index in [0.717, 1.165) is 18.9 Å². The van der Waals surface area contributed by atoms with Gasteiger partial charge in [0.25, 0.3) is 0 Å². The Morgan fingerprint density at radius 1 is 1.37 bits per heavy atom. The maximum atomic E-state index is 13.7. The number of nitrogens with one attached hydrogen (secondary N) is 1. The van der Waals surface area contributed by atoms with E-state index in [1.54, 1.807) is 0 Å².